The van der Waals surface area contributed by atoms with Crippen LogP contribution in [0, 0.1) is 0 Å². The van der Waals surface area contributed by atoms with E-state index in [4.69, 9.17) is 10.5 Å². The fourth-order valence-corrected chi connectivity index (χ4v) is 1.71. The van der Waals surface area contributed by atoms with Gasteiger partial charge >= 0.3 is 6.18 Å². The Morgan fingerprint density at radius 1 is 1.47 bits per heavy atom. The van der Waals surface area contributed by atoms with Crippen LogP contribution in [0.2, 0.25) is 0 Å². The summed E-state index contributed by atoms with van der Waals surface area (Å²) in [6.45, 7) is 0.836. The van der Waals surface area contributed by atoms with Crippen LogP contribution in [0.1, 0.15) is 11.4 Å². The third kappa shape index (κ3) is 4.84. The van der Waals surface area contributed by atoms with Crippen LogP contribution in [-0.4, -0.2) is 36.5 Å². The molecular formula is C8H13F3N4OS. The van der Waals surface area contributed by atoms with E-state index in [1.807, 2.05) is 0 Å². The summed E-state index contributed by atoms with van der Waals surface area (Å²) in [7, 11) is 1.54. The van der Waals surface area contributed by atoms with Crippen LogP contribution >= 0.6 is 11.3 Å². The first-order valence-electron chi connectivity index (χ1n) is 4.82. The van der Waals surface area contributed by atoms with Gasteiger partial charge in [0.2, 0.25) is 10.1 Å². The molecule has 5 nitrogen and oxygen atoms in total. The summed E-state index contributed by atoms with van der Waals surface area (Å²) < 4.78 is 41.4. The lowest BCUT2D eigenvalue weighted by atomic mass is 10.2. The van der Waals surface area contributed by atoms with E-state index in [1.54, 1.807) is 0 Å². The molecule has 1 unspecified atom stereocenters. The Hall–Kier alpha value is -0.930. The van der Waals surface area contributed by atoms with Crippen molar-refractivity contribution in [2.75, 3.05) is 25.6 Å². The van der Waals surface area contributed by atoms with E-state index in [9.17, 15) is 13.2 Å². The second kappa shape index (κ2) is 6.12. The highest BCUT2D eigenvalue weighted by molar-refractivity contribution is 7.15. The van der Waals surface area contributed by atoms with Crippen LogP contribution in [0.5, 0.6) is 0 Å². The third-order valence-corrected chi connectivity index (χ3v) is 2.77. The van der Waals surface area contributed by atoms with E-state index >= 15 is 0 Å². The first-order chi connectivity index (χ1) is 7.93. The molecule has 0 aliphatic carbocycles. The molecule has 0 aliphatic rings. The van der Waals surface area contributed by atoms with Crippen molar-refractivity contribution in [1.82, 2.24) is 10.2 Å². The number of halogens is 3. The topological polar surface area (TPSA) is 73.1 Å². The second-order valence-corrected chi connectivity index (χ2v) is 4.32. The van der Waals surface area contributed by atoms with Gasteiger partial charge < -0.3 is 15.8 Å². The number of hydrogen-bond acceptors (Lipinski definition) is 6. The first-order valence-corrected chi connectivity index (χ1v) is 5.64. The molecule has 0 bridgehead atoms. The molecular weight excluding hydrogens is 257 g/mol. The minimum absolute atomic E-state index is 0.141. The number of nitrogens with one attached hydrogen (secondary N) is 1. The van der Waals surface area contributed by atoms with Gasteiger partial charge in [0.05, 0.1) is 6.61 Å². The molecule has 0 radical (unpaired) electrons. The standard InChI is InChI=1S/C8H13F3N4OS/c1-16-4-5(12)2-3-13-7-15-14-6(17-7)8(9,10)11/h5H,2-4,12H2,1H3,(H,13,15). The summed E-state index contributed by atoms with van der Waals surface area (Å²) >= 11 is 0.474. The van der Waals surface area contributed by atoms with Crippen molar-refractivity contribution in [3.63, 3.8) is 0 Å². The van der Waals surface area contributed by atoms with Gasteiger partial charge in [-0.15, -0.1) is 10.2 Å². The Morgan fingerprint density at radius 2 is 2.18 bits per heavy atom. The lowest BCUT2D eigenvalue weighted by Gasteiger charge is -2.09. The number of hydrogen-bond donors (Lipinski definition) is 2. The normalized spacial score (nSPS) is 13.7. The number of alkyl halides is 3. The first kappa shape index (κ1) is 14.1. The lowest BCUT2D eigenvalue weighted by molar-refractivity contribution is -0.138. The van der Waals surface area contributed by atoms with E-state index in [0.717, 1.165) is 0 Å². The maximum absolute atomic E-state index is 12.2. The average Bonchev–Trinajstić information content (AvgIpc) is 2.66. The SMILES string of the molecule is COCC(N)CCNc1nnc(C(F)(F)F)s1. The van der Waals surface area contributed by atoms with Crippen molar-refractivity contribution < 1.29 is 17.9 Å². The van der Waals surface area contributed by atoms with Crippen molar-refractivity contribution in [3.05, 3.63) is 5.01 Å². The van der Waals surface area contributed by atoms with E-state index < -0.39 is 11.2 Å². The molecule has 0 spiro atoms. The van der Waals surface area contributed by atoms with Gasteiger partial charge in [-0.1, -0.05) is 11.3 Å². The number of rotatable bonds is 6. The van der Waals surface area contributed by atoms with Crippen LogP contribution in [0.4, 0.5) is 18.3 Å². The monoisotopic (exact) mass is 270 g/mol. The number of anilines is 1. The van der Waals surface area contributed by atoms with Crippen molar-refractivity contribution in [1.29, 1.82) is 0 Å². The number of nitrogens with two attached hydrogens (primary N) is 1. The highest BCUT2D eigenvalue weighted by Gasteiger charge is 2.35. The van der Waals surface area contributed by atoms with Gasteiger partial charge in [-0.05, 0) is 6.42 Å². The van der Waals surface area contributed by atoms with Crippen molar-refractivity contribution in [3.8, 4) is 0 Å². The predicted molar refractivity (Wildman–Crippen MR) is 57.9 cm³/mol. The molecule has 0 saturated heterocycles. The summed E-state index contributed by atoms with van der Waals surface area (Å²) in [5.74, 6) is 0. The van der Waals surface area contributed by atoms with Gasteiger partial charge in [-0.25, -0.2) is 0 Å². The van der Waals surface area contributed by atoms with Crippen molar-refractivity contribution in [2.45, 2.75) is 18.6 Å². The van der Waals surface area contributed by atoms with Gasteiger partial charge in [0, 0.05) is 19.7 Å². The largest absolute Gasteiger partial charge is 0.445 e. The van der Waals surface area contributed by atoms with E-state index in [0.29, 0.717) is 30.9 Å². The number of methoxy groups -OCH3 is 1. The summed E-state index contributed by atoms with van der Waals surface area (Å²) in [5, 5.41) is 8.36. The van der Waals surface area contributed by atoms with E-state index in [2.05, 4.69) is 15.5 Å². The molecule has 3 N–H and O–H groups in total. The molecule has 1 aromatic rings. The molecule has 0 aliphatic heterocycles. The summed E-state index contributed by atoms with van der Waals surface area (Å²) in [4.78, 5) is 0. The smallest absolute Gasteiger partial charge is 0.383 e. The molecule has 1 rings (SSSR count). The number of nitrogens with zero attached hydrogens (tertiary/aromatic N) is 2. The maximum Gasteiger partial charge on any atom is 0.445 e. The molecule has 1 heterocycles. The summed E-state index contributed by atoms with van der Waals surface area (Å²) in [5.41, 5.74) is 5.65. The second-order valence-electron chi connectivity index (χ2n) is 3.34. The number of aromatic nitrogens is 2. The Bertz CT molecular complexity index is 344. The van der Waals surface area contributed by atoms with Crippen molar-refractivity contribution in [2.24, 2.45) is 5.73 Å². The Labute approximate surface area is 100 Å². The molecule has 0 aromatic carbocycles. The molecule has 0 amide bonds. The molecule has 1 atom stereocenters. The summed E-state index contributed by atoms with van der Waals surface area (Å²) in [6.07, 6.45) is -3.86. The minimum Gasteiger partial charge on any atom is -0.383 e. The zero-order valence-corrected chi connectivity index (χ0v) is 9.94. The fraction of sp³-hybridized carbons (Fsp3) is 0.750. The Balaban J connectivity index is 2.35. The van der Waals surface area contributed by atoms with Gasteiger partial charge in [0.1, 0.15) is 0 Å². The van der Waals surface area contributed by atoms with Crippen LogP contribution < -0.4 is 11.1 Å². The van der Waals surface area contributed by atoms with Crippen LogP contribution in [-0.2, 0) is 10.9 Å². The minimum atomic E-state index is -4.44. The molecule has 0 saturated carbocycles. The summed E-state index contributed by atoms with van der Waals surface area (Å²) in [6, 6.07) is -0.150. The van der Waals surface area contributed by atoms with Gasteiger partial charge in [-0.2, -0.15) is 13.2 Å². The van der Waals surface area contributed by atoms with E-state index in [1.165, 1.54) is 7.11 Å². The van der Waals surface area contributed by atoms with Gasteiger partial charge in [-0.3, -0.25) is 0 Å². The molecule has 0 fully saturated rings. The van der Waals surface area contributed by atoms with Crippen LogP contribution in [0.3, 0.4) is 0 Å². The highest BCUT2D eigenvalue weighted by atomic mass is 32.1. The molecule has 98 valence electrons. The predicted octanol–water partition coefficient (Wildman–Crippen LogP) is 1.33. The van der Waals surface area contributed by atoms with Gasteiger partial charge in [0.25, 0.3) is 0 Å². The fourth-order valence-electron chi connectivity index (χ4n) is 1.07. The number of ether oxygens (including phenoxy) is 1. The Morgan fingerprint density at radius 3 is 2.71 bits per heavy atom. The quantitative estimate of drug-likeness (QED) is 0.816. The Kier molecular flexibility index (Phi) is 5.09. The lowest BCUT2D eigenvalue weighted by Crippen LogP contribution is -2.28. The van der Waals surface area contributed by atoms with Crippen molar-refractivity contribution >= 4 is 16.5 Å². The third-order valence-electron chi connectivity index (χ3n) is 1.84. The van der Waals surface area contributed by atoms with Gasteiger partial charge in [0.15, 0.2) is 0 Å². The molecule has 17 heavy (non-hydrogen) atoms. The average molecular weight is 270 g/mol. The van der Waals surface area contributed by atoms with Crippen LogP contribution in [0.15, 0.2) is 0 Å². The zero-order valence-electron chi connectivity index (χ0n) is 9.12. The zero-order chi connectivity index (χ0) is 12.9. The molecule has 9 heteroatoms. The van der Waals surface area contributed by atoms with Crippen LogP contribution in [0.25, 0.3) is 0 Å². The molecule has 1 aromatic heterocycles. The van der Waals surface area contributed by atoms with E-state index in [-0.39, 0.29) is 11.2 Å². The highest BCUT2D eigenvalue weighted by Crippen LogP contribution is 2.32. The maximum atomic E-state index is 12.2.